The minimum atomic E-state index is -0.522. The summed E-state index contributed by atoms with van der Waals surface area (Å²) in [5.74, 6) is 2.45. The van der Waals surface area contributed by atoms with E-state index in [-0.39, 0.29) is 6.61 Å². The number of hydrogen-bond donors (Lipinski definition) is 2. The van der Waals surface area contributed by atoms with E-state index in [2.05, 4.69) is 5.32 Å². The molecule has 0 spiro atoms. The monoisotopic (exact) mass is 339 g/mol. The van der Waals surface area contributed by atoms with Crippen molar-refractivity contribution in [3.63, 3.8) is 0 Å². The molecule has 0 radical (unpaired) electrons. The quantitative estimate of drug-likeness (QED) is 0.747. The first-order valence-electron chi connectivity index (χ1n) is 8.39. The van der Waals surface area contributed by atoms with Crippen LogP contribution in [0.15, 0.2) is 52.9 Å². The van der Waals surface area contributed by atoms with Gasteiger partial charge in [-0.2, -0.15) is 0 Å². The lowest BCUT2D eigenvalue weighted by atomic mass is 9.85. The predicted molar refractivity (Wildman–Crippen MR) is 94.9 cm³/mol. The highest BCUT2D eigenvalue weighted by Gasteiger charge is 2.36. The third kappa shape index (κ3) is 2.86. The van der Waals surface area contributed by atoms with E-state index in [1.807, 2.05) is 48.5 Å². The van der Waals surface area contributed by atoms with E-state index >= 15 is 0 Å². The van der Waals surface area contributed by atoms with Crippen LogP contribution in [-0.4, -0.2) is 25.4 Å². The second kappa shape index (κ2) is 6.43. The smallest absolute Gasteiger partial charge is 0.134 e. The Labute approximate surface area is 146 Å². The molecule has 25 heavy (non-hydrogen) atoms. The molecule has 0 fully saturated rings. The molecule has 1 unspecified atom stereocenters. The van der Waals surface area contributed by atoms with Gasteiger partial charge >= 0.3 is 0 Å². The van der Waals surface area contributed by atoms with E-state index in [4.69, 9.17) is 13.9 Å². The zero-order valence-electron chi connectivity index (χ0n) is 14.1. The van der Waals surface area contributed by atoms with Crippen molar-refractivity contribution < 1.29 is 19.0 Å². The van der Waals surface area contributed by atoms with Crippen molar-refractivity contribution in [3.8, 4) is 11.5 Å². The molecule has 0 bridgehead atoms. The van der Waals surface area contributed by atoms with Crippen molar-refractivity contribution in [1.82, 2.24) is 5.32 Å². The highest BCUT2D eigenvalue weighted by atomic mass is 16.5. The fraction of sp³-hybridized carbons (Fsp3) is 0.300. The molecule has 0 amide bonds. The van der Waals surface area contributed by atoms with Gasteiger partial charge in [0, 0.05) is 17.4 Å². The van der Waals surface area contributed by atoms with Gasteiger partial charge in [-0.1, -0.05) is 18.2 Å². The van der Waals surface area contributed by atoms with E-state index in [9.17, 15) is 5.11 Å². The summed E-state index contributed by atoms with van der Waals surface area (Å²) >= 11 is 0. The van der Waals surface area contributed by atoms with Gasteiger partial charge in [-0.25, -0.2) is 0 Å². The van der Waals surface area contributed by atoms with Gasteiger partial charge in [0.2, 0.25) is 0 Å². The summed E-state index contributed by atoms with van der Waals surface area (Å²) in [6, 6.07) is 15.6. The minimum absolute atomic E-state index is 0.00141. The van der Waals surface area contributed by atoms with E-state index in [0.717, 1.165) is 33.8 Å². The highest BCUT2D eigenvalue weighted by molar-refractivity contribution is 5.79. The number of nitrogens with one attached hydrogen (secondary N) is 1. The number of para-hydroxylation sites is 1. The highest BCUT2D eigenvalue weighted by Crippen LogP contribution is 2.37. The number of furan rings is 1. The van der Waals surface area contributed by atoms with Crippen molar-refractivity contribution in [1.29, 1.82) is 0 Å². The van der Waals surface area contributed by atoms with Crippen LogP contribution < -0.4 is 14.8 Å². The van der Waals surface area contributed by atoms with Crippen LogP contribution in [0.25, 0.3) is 11.0 Å². The van der Waals surface area contributed by atoms with Gasteiger partial charge in [0.15, 0.2) is 0 Å². The molecule has 1 aliphatic rings. The Bertz CT molecular complexity index is 888. The number of rotatable bonds is 5. The van der Waals surface area contributed by atoms with Crippen LogP contribution in [0, 0.1) is 0 Å². The second-order valence-electron chi connectivity index (χ2n) is 6.30. The zero-order valence-corrected chi connectivity index (χ0v) is 14.1. The van der Waals surface area contributed by atoms with Gasteiger partial charge in [0.25, 0.3) is 0 Å². The van der Waals surface area contributed by atoms with Crippen LogP contribution in [0.3, 0.4) is 0 Å². The molecule has 2 N–H and O–H groups in total. The van der Waals surface area contributed by atoms with Gasteiger partial charge in [-0.15, -0.1) is 0 Å². The van der Waals surface area contributed by atoms with Gasteiger partial charge in [-0.05, 0) is 30.3 Å². The van der Waals surface area contributed by atoms with Crippen molar-refractivity contribution in [3.05, 3.63) is 59.9 Å². The molecule has 4 rings (SSSR count). The first-order valence-corrected chi connectivity index (χ1v) is 8.39. The summed E-state index contributed by atoms with van der Waals surface area (Å²) in [5, 5.41) is 14.6. The zero-order chi connectivity index (χ0) is 17.3. The normalized spacial score (nSPS) is 19.4. The minimum Gasteiger partial charge on any atom is -0.497 e. The van der Waals surface area contributed by atoms with E-state index < -0.39 is 5.54 Å². The SMILES string of the molecule is COc1ccc2oc(CNC3(CO)CCOc4ccccc43)cc2c1. The standard InChI is InChI=1S/C20H21NO4/c1-23-15-6-7-18-14(10-15)11-16(25-18)12-21-20(13-22)8-9-24-19-5-3-2-4-17(19)20/h2-7,10-11,21-22H,8-9,12-13H2,1H3. The second-order valence-corrected chi connectivity index (χ2v) is 6.30. The van der Waals surface area contributed by atoms with Crippen LogP contribution in [0.1, 0.15) is 17.7 Å². The number of methoxy groups -OCH3 is 1. The van der Waals surface area contributed by atoms with Crippen LogP contribution >= 0.6 is 0 Å². The topological polar surface area (TPSA) is 63.9 Å². The molecule has 0 saturated carbocycles. The van der Waals surface area contributed by atoms with Gasteiger partial charge in [0.1, 0.15) is 22.8 Å². The van der Waals surface area contributed by atoms with Crippen LogP contribution in [0.2, 0.25) is 0 Å². The van der Waals surface area contributed by atoms with E-state index in [0.29, 0.717) is 19.6 Å². The average Bonchev–Trinajstić information content (AvgIpc) is 3.08. The molecule has 0 aliphatic carbocycles. The average molecular weight is 339 g/mol. The Hall–Kier alpha value is -2.50. The molecular weight excluding hydrogens is 318 g/mol. The number of aliphatic hydroxyl groups excluding tert-OH is 1. The molecule has 5 heteroatoms. The number of hydrogen-bond acceptors (Lipinski definition) is 5. The molecule has 3 aromatic rings. The number of fused-ring (bicyclic) bond motifs is 2. The Kier molecular flexibility index (Phi) is 4.11. The van der Waals surface area contributed by atoms with E-state index in [1.54, 1.807) is 7.11 Å². The molecule has 1 atom stereocenters. The molecule has 1 aliphatic heterocycles. The van der Waals surface area contributed by atoms with Crippen LogP contribution in [0.5, 0.6) is 11.5 Å². The Morgan fingerprint density at radius 1 is 1.20 bits per heavy atom. The van der Waals surface area contributed by atoms with Gasteiger partial charge < -0.3 is 19.0 Å². The van der Waals surface area contributed by atoms with Crippen LogP contribution in [0.4, 0.5) is 0 Å². The number of aliphatic hydroxyl groups is 1. The fourth-order valence-corrected chi connectivity index (χ4v) is 3.41. The molecule has 2 heterocycles. The Balaban J connectivity index is 1.59. The maximum Gasteiger partial charge on any atom is 0.134 e. The molecule has 2 aromatic carbocycles. The number of ether oxygens (including phenoxy) is 2. The summed E-state index contributed by atoms with van der Waals surface area (Å²) < 4.78 is 16.9. The maximum atomic E-state index is 10.1. The molecule has 5 nitrogen and oxygen atoms in total. The molecule has 0 saturated heterocycles. The lowest BCUT2D eigenvalue weighted by Gasteiger charge is -2.38. The third-order valence-electron chi connectivity index (χ3n) is 4.83. The summed E-state index contributed by atoms with van der Waals surface area (Å²) in [4.78, 5) is 0. The predicted octanol–water partition coefficient (Wildman–Crippen LogP) is 3.20. The lowest BCUT2D eigenvalue weighted by Crippen LogP contribution is -2.48. The summed E-state index contributed by atoms with van der Waals surface area (Å²) in [6.45, 7) is 1.09. The Morgan fingerprint density at radius 2 is 2.08 bits per heavy atom. The van der Waals surface area contributed by atoms with Crippen molar-refractivity contribution in [2.45, 2.75) is 18.5 Å². The number of benzene rings is 2. The van der Waals surface area contributed by atoms with Crippen molar-refractivity contribution >= 4 is 11.0 Å². The largest absolute Gasteiger partial charge is 0.497 e. The summed E-state index contributed by atoms with van der Waals surface area (Å²) in [5.41, 5.74) is 1.29. The van der Waals surface area contributed by atoms with Crippen LogP contribution in [-0.2, 0) is 12.1 Å². The third-order valence-corrected chi connectivity index (χ3v) is 4.83. The molecule has 130 valence electrons. The first-order chi connectivity index (χ1) is 12.2. The fourth-order valence-electron chi connectivity index (χ4n) is 3.41. The molecular formula is C20H21NO4. The van der Waals surface area contributed by atoms with Gasteiger partial charge in [0.05, 0.1) is 32.4 Å². The lowest BCUT2D eigenvalue weighted by molar-refractivity contribution is 0.104. The van der Waals surface area contributed by atoms with Gasteiger partial charge in [-0.3, -0.25) is 5.32 Å². The first kappa shape index (κ1) is 16.0. The van der Waals surface area contributed by atoms with Crippen molar-refractivity contribution in [2.75, 3.05) is 20.3 Å². The summed E-state index contributed by atoms with van der Waals surface area (Å²) in [6.07, 6.45) is 0.703. The van der Waals surface area contributed by atoms with Crippen molar-refractivity contribution in [2.24, 2.45) is 0 Å². The maximum absolute atomic E-state index is 10.1. The van der Waals surface area contributed by atoms with E-state index in [1.165, 1.54) is 0 Å². The Morgan fingerprint density at radius 3 is 2.92 bits per heavy atom. The summed E-state index contributed by atoms with van der Waals surface area (Å²) in [7, 11) is 1.65. The molecule has 1 aromatic heterocycles.